The molecule has 1 spiro atoms. The highest BCUT2D eigenvalue weighted by atomic mass is 19.1. The molecule has 1 aliphatic carbocycles. The minimum absolute atomic E-state index is 0.263. The molecule has 1 atom stereocenters. The Hall–Kier alpha value is -1.79. The standard InChI is InChI=1S/C16H19FN2O3/c1-15(2)14(11-6-8-12(17)9-7-11)18(21)16(19(15)22)10-4-3-5-13(16)20/h6-9,22H,3-5,10H2,1-2H3/t16-/m0/s1. The summed E-state index contributed by atoms with van der Waals surface area (Å²) in [4.78, 5) is 12.4. The summed E-state index contributed by atoms with van der Waals surface area (Å²) < 4.78 is 13.8. The molecule has 2 aliphatic rings. The van der Waals surface area contributed by atoms with Gasteiger partial charge >= 0.3 is 5.66 Å². The van der Waals surface area contributed by atoms with Crippen molar-refractivity contribution < 1.29 is 19.1 Å². The number of hydrogen-bond donors (Lipinski definition) is 1. The van der Waals surface area contributed by atoms with Gasteiger partial charge in [0.2, 0.25) is 11.5 Å². The van der Waals surface area contributed by atoms with Gasteiger partial charge in [0, 0.05) is 18.4 Å². The van der Waals surface area contributed by atoms with Crippen LogP contribution in [0.5, 0.6) is 0 Å². The molecule has 0 radical (unpaired) electrons. The van der Waals surface area contributed by atoms with Gasteiger partial charge in [0.1, 0.15) is 11.4 Å². The topological polar surface area (TPSA) is 66.6 Å². The lowest BCUT2D eigenvalue weighted by Crippen LogP contribution is -2.60. The van der Waals surface area contributed by atoms with Crippen molar-refractivity contribution in [1.29, 1.82) is 0 Å². The van der Waals surface area contributed by atoms with Gasteiger partial charge in [-0.1, -0.05) is 0 Å². The second-order valence-electron chi connectivity index (χ2n) is 6.47. The van der Waals surface area contributed by atoms with E-state index >= 15 is 0 Å². The maximum atomic E-state index is 13.1. The van der Waals surface area contributed by atoms with E-state index in [1.54, 1.807) is 13.8 Å². The highest BCUT2D eigenvalue weighted by Crippen LogP contribution is 2.41. The summed E-state index contributed by atoms with van der Waals surface area (Å²) in [5, 5.41) is 24.5. The molecule has 0 unspecified atom stereocenters. The number of rotatable bonds is 1. The molecule has 3 rings (SSSR count). The summed E-state index contributed by atoms with van der Waals surface area (Å²) in [6.07, 6.45) is 2.01. The van der Waals surface area contributed by atoms with Gasteiger partial charge in [0.25, 0.3) is 0 Å². The summed E-state index contributed by atoms with van der Waals surface area (Å²) in [7, 11) is 0. The fourth-order valence-corrected chi connectivity index (χ4v) is 3.60. The average molecular weight is 306 g/mol. The third kappa shape index (κ3) is 1.84. The maximum absolute atomic E-state index is 13.1. The van der Waals surface area contributed by atoms with Crippen molar-refractivity contribution in [3.05, 3.63) is 40.9 Å². The smallest absolute Gasteiger partial charge is 0.310 e. The lowest BCUT2D eigenvalue weighted by Gasteiger charge is -2.36. The number of hydrogen-bond acceptors (Lipinski definition) is 4. The largest absolute Gasteiger partial charge is 0.622 e. The Balaban J connectivity index is 2.20. The van der Waals surface area contributed by atoms with Crippen molar-refractivity contribution in [3.63, 3.8) is 0 Å². The second kappa shape index (κ2) is 4.86. The quantitative estimate of drug-likeness (QED) is 0.639. The van der Waals surface area contributed by atoms with Crippen LogP contribution in [0.4, 0.5) is 4.39 Å². The van der Waals surface area contributed by atoms with Crippen LogP contribution in [0.1, 0.15) is 45.1 Å². The van der Waals surface area contributed by atoms with Crippen molar-refractivity contribution in [2.24, 2.45) is 0 Å². The molecule has 1 saturated carbocycles. The molecule has 1 aromatic rings. The molecular formula is C16H19FN2O3. The Labute approximate surface area is 128 Å². The van der Waals surface area contributed by atoms with E-state index in [1.807, 2.05) is 0 Å². The molecule has 6 heteroatoms. The number of Topliss-reactive ketones (excluding diaryl/α,β-unsaturated/α-hetero) is 1. The van der Waals surface area contributed by atoms with E-state index in [4.69, 9.17) is 0 Å². The molecule has 5 nitrogen and oxygen atoms in total. The number of ketones is 1. The number of carbonyl (C=O) groups is 1. The predicted octanol–water partition coefficient (Wildman–Crippen LogP) is 2.45. The van der Waals surface area contributed by atoms with Crippen LogP contribution < -0.4 is 0 Å². The first-order valence-electron chi connectivity index (χ1n) is 7.45. The summed E-state index contributed by atoms with van der Waals surface area (Å²) in [6.45, 7) is 3.38. The molecule has 0 bridgehead atoms. The van der Waals surface area contributed by atoms with E-state index in [0.29, 0.717) is 23.1 Å². The number of hydroxylamine groups is 3. The summed E-state index contributed by atoms with van der Waals surface area (Å²) >= 11 is 0. The molecule has 22 heavy (non-hydrogen) atoms. The highest BCUT2D eigenvalue weighted by Gasteiger charge is 2.66. The van der Waals surface area contributed by atoms with Crippen molar-refractivity contribution >= 4 is 11.5 Å². The average Bonchev–Trinajstić information content (AvgIpc) is 2.62. The zero-order valence-electron chi connectivity index (χ0n) is 12.7. The molecule has 1 N–H and O–H groups in total. The van der Waals surface area contributed by atoms with Crippen LogP contribution >= 0.6 is 0 Å². The summed E-state index contributed by atoms with van der Waals surface area (Å²) in [6, 6.07) is 5.53. The highest BCUT2D eigenvalue weighted by molar-refractivity contribution is 6.06. The molecule has 1 aromatic carbocycles. The maximum Gasteiger partial charge on any atom is 0.310 e. The van der Waals surface area contributed by atoms with Gasteiger partial charge in [-0.15, -0.1) is 5.06 Å². The minimum atomic E-state index is -1.55. The Bertz CT molecular complexity index is 654. The number of carbonyl (C=O) groups excluding carboxylic acids is 1. The Morgan fingerprint density at radius 3 is 2.50 bits per heavy atom. The normalized spacial score (nSPS) is 28.6. The molecule has 0 amide bonds. The van der Waals surface area contributed by atoms with Crippen molar-refractivity contribution in [3.8, 4) is 0 Å². The second-order valence-corrected chi connectivity index (χ2v) is 6.47. The van der Waals surface area contributed by atoms with Crippen LogP contribution in [0.25, 0.3) is 0 Å². The van der Waals surface area contributed by atoms with Crippen LogP contribution in [-0.4, -0.2) is 37.7 Å². The van der Waals surface area contributed by atoms with Gasteiger partial charge in [0.05, 0.1) is 0 Å². The van der Waals surface area contributed by atoms with Gasteiger partial charge in [-0.3, -0.25) is 4.79 Å². The fourth-order valence-electron chi connectivity index (χ4n) is 3.60. The Kier molecular flexibility index (Phi) is 3.34. The van der Waals surface area contributed by atoms with E-state index in [-0.39, 0.29) is 17.9 Å². The van der Waals surface area contributed by atoms with E-state index in [1.165, 1.54) is 24.3 Å². The van der Waals surface area contributed by atoms with Crippen molar-refractivity contribution in [2.75, 3.05) is 0 Å². The van der Waals surface area contributed by atoms with Crippen LogP contribution in [0.3, 0.4) is 0 Å². The molecule has 1 aliphatic heterocycles. The fraction of sp³-hybridized carbons (Fsp3) is 0.500. The number of halogens is 1. The van der Waals surface area contributed by atoms with E-state index < -0.39 is 17.0 Å². The van der Waals surface area contributed by atoms with E-state index in [9.17, 15) is 19.6 Å². The first kappa shape index (κ1) is 15.1. The monoisotopic (exact) mass is 306 g/mol. The van der Waals surface area contributed by atoms with Gasteiger partial charge < -0.3 is 10.4 Å². The van der Waals surface area contributed by atoms with Gasteiger partial charge in [-0.2, -0.15) is 4.74 Å². The van der Waals surface area contributed by atoms with Crippen molar-refractivity contribution in [2.45, 2.75) is 50.7 Å². The molecule has 1 heterocycles. The lowest BCUT2D eigenvalue weighted by atomic mass is 9.86. The SMILES string of the molecule is CC1(C)C(c2ccc(F)cc2)=[N+]([O-])[C@@]2(CCCCC2=O)N1O. The molecule has 118 valence electrons. The van der Waals surface area contributed by atoms with Gasteiger partial charge in [-0.05, 0) is 51.0 Å². The molecule has 1 fully saturated rings. The Morgan fingerprint density at radius 2 is 1.91 bits per heavy atom. The van der Waals surface area contributed by atoms with Crippen molar-refractivity contribution in [1.82, 2.24) is 5.06 Å². The lowest BCUT2D eigenvalue weighted by molar-refractivity contribution is -0.573. The van der Waals surface area contributed by atoms with Crippen LogP contribution in [0.2, 0.25) is 0 Å². The van der Waals surface area contributed by atoms with Gasteiger partial charge in [0.15, 0.2) is 0 Å². The first-order valence-corrected chi connectivity index (χ1v) is 7.45. The Morgan fingerprint density at radius 1 is 1.27 bits per heavy atom. The van der Waals surface area contributed by atoms with Crippen LogP contribution in [0.15, 0.2) is 24.3 Å². The third-order valence-electron chi connectivity index (χ3n) is 4.74. The number of nitrogens with zero attached hydrogens (tertiary/aromatic N) is 2. The third-order valence-corrected chi connectivity index (χ3v) is 4.74. The molecule has 0 saturated heterocycles. The minimum Gasteiger partial charge on any atom is -0.622 e. The van der Waals surface area contributed by atoms with E-state index in [0.717, 1.165) is 11.5 Å². The summed E-state index contributed by atoms with van der Waals surface area (Å²) in [5.74, 6) is -0.664. The first-order chi connectivity index (χ1) is 10.3. The van der Waals surface area contributed by atoms with Crippen LogP contribution in [-0.2, 0) is 4.79 Å². The van der Waals surface area contributed by atoms with Gasteiger partial charge in [-0.25, -0.2) is 4.39 Å². The number of benzene rings is 1. The zero-order chi connectivity index (χ0) is 16.1. The molecule has 0 aromatic heterocycles. The molecular weight excluding hydrogens is 287 g/mol. The summed E-state index contributed by atoms with van der Waals surface area (Å²) in [5.41, 5.74) is -1.79. The van der Waals surface area contributed by atoms with Crippen LogP contribution in [0, 0.1) is 11.0 Å². The van der Waals surface area contributed by atoms with E-state index in [2.05, 4.69) is 0 Å². The predicted molar refractivity (Wildman–Crippen MR) is 78.0 cm³/mol. The zero-order valence-corrected chi connectivity index (χ0v) is 12.7.